The summed E-state index contributed by atoms with van der Waals surface area (Å²) in [5.74, 6) is 0.528. The van der Waals surface area contributed by atoms with Crippen LogP contribution in [0.2, 0.25) is 0 Å². The molecule has 1 atom stereocenters. The highest BCUT2D eigenvalue weighted by atomic mass is 16.5. The van der Waals surface area contributed by atoms with E-state index in [4.69, 9.17) is 4.52 Å². The maximum Gasteiger partial charge on any atom is 0.272 e. The molecule has 0 aliphatic heterocycles. The molecule has 4 heterocycles. The predicted octanol–water partition coefficient (Wildman–Crippen LogP) is 2.04. The molecule has 0 spiro atoms. The molecule has 1 amide bonds. The fourth-order valence-electron chi connectivity index (χ4n) is 3.22. The summed E-state index contributed by atoms with van der Waals surface area (Å²) in [5, 5.41) is 6.86. The summed E-state index contributed by atoms with van der Waals surface area (Å²) < 4.78 is 5.42. The summed E-state index contributed by atoms with van der Waals surface area (Å²) in [4.78, 5) is 46.3. The number of benzene rings is 1. The van der Waals surface area contributed by atoms with E-state index >= 15 is 0 Å². The van der Waals surface area contributed by atoms with Crippen molar-refractivity contribution in [3.63, 3.8) is 0 Å². The summed E-state index contributed by atoms with van der Waals surface area (Å²) in [6.45, 7) is 3.76. The van der Waals surface area contributed by atoms with Gasteiger partial charge in [0.1, 0.15) is 17.5 Å². The van der Waals surface area contributed by atoms with Crippen molar-refractivity contribution in [3.8, 4) is 11.5 Å². The Kier molecular flexibility index (Phi) is 4.28. The standard InChI is InChI=1S/C20H16N8O3/c1-9-3-4-11-12(5-9)26-18(25-11)13-6-14(31-28-13)10(2)24-20(30)17-16-19(23-8-22-17)27-15(29)7-21-16/h3-8,10H,1-2H3,(H,24,30)(H,25,26)(H,22,23,27,29)/t10-/m1/s1. The van der Waals surface area contributed by atoms with Gasteiger partial charge in [0, 0.05) is 6.07 Å². The van der Waals surface area contributed by atoms with Crippen LogP contribution in [0.1, 0.15) is 34.8 Å². The van der Waals surface area contributed by atoms with Crippen LogP contribution in [0.15, 0.2) is 46.1 Å². The third-order valence-electron chi connectivity index (χ3n) is 4.77. The molecule has 0 radical (unpaired) electrons. The van der Waals surface area contributed by atoms with Gasteiger partial charge >= 0.3 is 0 Å². The predicted molar refractivity (Wildman–Crippen MR) is 110 cm³/mol. The van der Waals surface area contributed by atoms with Crippen LogP contribution in [0.3, 0.4) is 0 Å². The average molecular weight is 416 g/mol. The Morgan fingerprint density at radius 1 is 1.16 bits per heavy atom. The molecule has 31 heavy (non-hydrogen) atoms. The first-order chi connectivity index (χ1) is 15.0. The molecule has 154 valence electrons. The molecule has 0 aliphatic rings. The Morgan fingerprint density at radius 2 is 2.03 bits per heavy atom. The van der Waals surface area contributed by atoms with Gasteiger partial charge in [-0.15, -0.1) is 0 Å². The lowest BCUT2D eigenvalue weighted by Gasteiger charge is -2.10. The second-order valence-electron chi connectivity index (χ2n) is 7.08. The van der Waals surface area contributed by atoms with Crippen LogP contribution in [0, 0.1) is 6.92 Å². The number of fused-ring (bicyclic) bond motifs is 2. The smallest absolute Gasteiger partial charge is 0.272 e. The number of aryl methyl sites for hydroxylation is 1. The number of hydrogen-bond donors (Lipinski definition) is 3. The number of rotatable bonds is 4. The van der Waals surface area contributed by atoms with Gasteiger partial charge in [-0.3, -0.25) is 9.59 Å². The molecule has 11 nitrogen and oxygen atoms in total. The Bertz CT molecular complexity index is 1500. The van der Waals surface area contributed by atoms with E-state index in [0.29, 0.717) is 17.3 Å². The SMILES string of the molecule is Cc1ccc2nc(-c3cc([C@@H](C)NC(=O)c4ncnc5[nH]c(=O)cnc45)on3)[nH]c2c1. The number of imidazole rings is 1. The van der Waals surface area contributed by atoms with Crippen LogP contribution in [-0.2, 0) is 0 Å². The summed E-state index contributed by atoms with van der Waals surface area (Å²) in [5.41, 5.74) is 3.38. The Morgan fingerprint density at radius 3 is 2.90 bits per heavy atom. The van der Waals surface area contributed by atoms with Gasteiger partial charge < -0.3 is 19.8 Å². The average Bonchev–Trinajstić information content (AvgIpc) is 3.39. The molecular weight excluding hydrogens is 400 g/mol. The van der Waals surface area contributed by atoms with Gasteiger partial charge in [0.15, 0.2) is 22.9 Å². The first-order valence-corrected chi connectivity index (χ1v) is 9.42. The number of carbonyl (C=O) groups excluding carboxylic acids is 1. The number of amides is 1. The van der Waals surface area contributed by atoms with Gasteiger partial charge in [-0.2, -0.15) is 0 Å². The lowest BCUT2D eigenvalue weighted by Crippen LogP contribution is -2.28. The number of carbonyl (C=O) groups is 1. The van der Waals surface area contributed by atoms with E-state index < -0.39 is 17.5 Å². The van der Waals surface area contributed by atoms with E-state index in [2.05, 4.69) is 40.4 Å². The molecule has 3 N–H and O–H groups in total. The van der Waals surface area contributed by atoms with Gasteiger partial charge in [-0.1, -0.05) is 11.2 Å². The van der Waals surface area contributed by atoms with Crippen molar-refractivity contribution in [1.82, 2.24) is 40.4 Å². The molecule has 0 bridgehead atoms. The summed E-state index contributed by atoms with van der Waals surface area (Å²) in [6, 6.07) is 7.13. The van der Waals surface area contributed by atoms with Crippen molar-refractivity contribution in [2.45, 2.75) is 19.9 Å². The maximum atomic E-state index is 12.7. The number of nitrogens with one attached hydrogen (secondary N) is 3. The summed E-state index contributed by atoms with van der Waals surface area (Å²) in [6.07, 6.45) is 2.26. The highest BCUT2D eigenvalue weighted by molar-refractivity contribution is 6.01. The zero-order valence-electron chi connectivity index (χ0n) is 16.5. The zero-order chi connectivity index (χ0) is 21.5. The molecule has 4 aromatic heterocycles. The van der Waals surface area contributed by atoms with Crippen molar-refractivity contribution in [2.75, 3.05) is 0 Å². The fraction of sp³-hybridized carbons (Fsp3) is 0.150. The molecule has 5 aromatic rings. The second kappa shape index (κ2) is 7.13. The third kappa shape index (κ3) is 3.41. The van der Waals surface area contributed by atoms with E-state index in [-0.39, 0.29) is 16.9 Å². The number of H-pyrrole nitrogens is 2. The van der Waals surface area contributed by atoms with E-state index in [0.717, 1.165) is 22.8 Å². The van der Waals surface area contributed by atoms with Crippen LogP contribution in [0.5, 0.6) is 0 Å². The lowest BCUT2D eigenvalue weighted by molar-refractivity contribution is 0.0930. The fourth-order valence-corrected chi connectivity index (χ4v) is 3.22. The minimum Gasteiger partial charge on any atom is -0.358 e. The number of hydrogen-bond acceptors (Lipinski definition) is 8. The van der Waals surface area contributed by atoms with Crippen LogP contribution in [-0.4, -0.2) is 41.0 Å². The largest absolute Gasteiger partial charge is 0.358 e. The molecule has 1 aromatic carbocycles. The van der Waals surface area contributed by atoms with Crippen LogP contribution in [0.4, 0.5) is 0 Å². The molecule has 11 heteroatoms. The van der Waals surface area contributed by atoms with Gasteiger partial charge in [0.25, 0.3) is 11.5 Å². The Hall–Kier alpha value is -4.41. The van der Waals surface area contributed by atoms with Gasteiger partial charge in [0.05, 0.1) is 23.3 Å². The maximum absolute atomic E-state index is 12.7. The first kappa shape index (κ1) is 18.6. The van der Waals surface area contributed by atoms with Crippen LogP contribution >= 0.6 is 0 Å². The molecule has 5 rings (SSSR count). The molecular formula is C20H16N8O3. The zero-order valence-corrected chi connectivity index (χ0v) is 16.5. The van der Waals surface area contributed by atoms with Crippen molar-refractivity contribution in [1.29, 1.82) is 0 Å². The number of aromatic nitrogens is 7. The number of nitrogens with zero attached hydrogens (tertiary/aromatic N) is 5. The minimum absolute atomic E-state index is 0.0421. The van der Waals surface area contributed by atoms with E-state index in [1.54, 1.807) is 13.0 Å². The van der Waals surface area contributed by atoms with Crippen molar-refractivity contribution in [2.24, 2.45) is 0 Å². The van der Waals surface area contributed by atoms with E-state index in [9.17, 15) is 9.59 Å². The highest BCUT2D eigenvalue weighted by Crippen LogP contribution is 2.24. The highest BCUT2D eigenvalue weighted by Gasteiger charge is 2.21. The van der Waals surface area contributed by atoms with Crippen LogP contribution < -0.4 is 10.9 Å². The molecule has 0 saturated heterocycles. The topological polar surface area (TPSA) is 155 Å². The molecule has 0 unspecified atom stereocenters. The quantitative estimate of drug-likeness (QED) is 0.402. The second-order valence-corrected chi connectivity index (χ2v) is 7.08. The van der Waals surface area contributed by atoms with Crippen molar-refractivity contribution >= 4 is 28.1 Å². The van der Waals surface area contributed by atoms with Crippen LogP contribution in [0.25, 0.3) is 33.7 Å². The van der Waals surface area contributed by atoms with E-state index in [1.165, 1.54) is 6.33 Å². The minimum atomic E-state index is -0.506. The molecule has 0 saturated carbocycles. The Labute approximate surface area is 174 Å². The Balaban J connectivity index is 1.39. The molecule has 0 aliphatic carbocycles. The third-order valence-corrected chi connectivity index (χ3v) is 4.77. The van der Waals surface area contributed by atoms with Crippen molar-refractivity contribution < 1.29 is 9.32 Å². The van der Waals surface area contributed by atoms with Gasteiger partial charge in [0.2, 0.25) is 0 Å². The van der Waals surface area contributed by atoms with Gasteiger partial charge in [-0.05, 0) is 31.5 Å². The van der Waals surface area contributed by atoms with Crippen molar-refractivity contribution in [3.05, 3.63) is 64.2 Å². The lowest BCUT2D eigenvalue weighted by atomic mass is 10.2. The normalized spacial score (nSPS) is 12.3. The summed E-state index contributed by atoms with van der Waals surface area (Å²) >= 11 is 0. The van der Waals surface area contributed by atoms with E-state index in [1.807, 2.05) is 25.1 Å². The monoisotopic (exact) mass is 416 g/mol. The summed E-state index contributed by atoms with van der Waals surface area (Å²) in [7, 11) is 0. The number of aromatic amines is 2. The molecule has 0 fully saturated rings. The first-order valence-electron chi connectivity index (χ1n) is 9.42. The van der Waals surface area contributed by atoms with Gasteiger partial charge in [-0.25, -0.2) is 19.9 Å².